The third-order valence-electron chi connectivity index (χ3n) is 5.21. The lowest BCUT2D eigenvalue weighted by atomic mass is 10.0. The molecule has 0 amide bonds. The van der Waals surface area contributed by atoms with Crippen LogP contribution in [-0.4, -0.2) is 4.98 Å². The van der Waals surface area contributed by atoms with Crippen LogP contribution < -0.4 is 0 Å². The van der Waals surface area contributed by atoms with Gasteiger partial charge in [-0.2, -0.15) is 0 Å². The van der Waals surface area contributed by atoms with Crippen molar-refractivity contribution in [2.24, 2.45) is 0 Å². The van der Waals surface area contributed by atoms with E-state index in [4.69, 9.17) is 4.42 Å². The van der Waals surface area contributed by atoms with E-state index in [9.17, 15) is 0 Å². The van der Waals surface area contributed by atoms with Crippen LogP contribution in [0.2, 0.25) is 0 Å². The summed E-state index contributed by atoms with van der Waals surface area (Å²) in [6.45, 7) is 0. The molecule has 6 aromatic rings. The monoisotopic (exact) mass is 333 g/mol. The van der Waals surface area contributed by atoms with Crippen LogP contribution in [0.15, 0.2) is 89.3 Å². The number of rotatable bonds is 1. The van der Waals surface area contributed by atoms with Gasteiger partial charge in [0.25, 0.3) is 0 Å². The van der Waals surface area contributed by atoms with Gasteiger partial charge < -0.3 is 9.40 Å². The summed E-state index contributed by atoms with van der Waals surface area (Å²) in [6.07, 6.45) is 0. The first-order valence-corrected chi connectivity index (χ1v) is 8.79. The van der Waals surface area contributed by atoms with Gasteiger partial charge >= 0.3 is 0 Å². The predicted octanol–water partition coefficient (Wildman–Crippen LogP) is 6.89. The Hall–Kier alpha value is -3.52. The molecule has 0 fully saturated rings. The lowest BCUT2D eigenvalue weighted by Crippen LogP contribution is -1.77. The van der Waals surface area contributed by atoms with Gasteiger partial charge in [-0.25, -0.2) is 0 Å². The lowest BCUT2D eigenvalue weighted by Gasteiger charge is -2.02. The molecular formula is C24H15NO. The average Bonchev–Trinajstić information content (AvgIpc) is 3.26. The van der Waals surface area contributed by atoms with Gasteiger partial charge in [-0.3, -0.25) is 0 Å². The Labute approximate surface area is 149 Å². The first-order chi connectivity index (χ1) is 12.9. The third kappa shape index (κ3) is 1.81. The fourth-order valence-electron chi connectivity index (χ4n) is 3.98. The van der Waals surface area contributed by atoms with Gasteiger partial charge in [0.1, 0.15) is 11.2 Å². The van der Waals surface area contributed by atoms with E-state index in [0.717, 1.165) is 33.0 Å². The molecule has 122 valence electrons. The third-order valence-corrected chi connectivity index (χ3v) is 5.21. The Morgan fingerprint density at radius 3 is 2.31 bits per heavy atom. The van der Waals surface area contributed by atoms with Crippen LogP contribution in [0.25, 0.3) is 54.9 Å². The van der Waals surface area contributed by atoms with Gasteiger partial charge in [0.05, 0.1) is 10.9 Å². The number of furan rings is 1. The fourth-order valence-corrected chi connectivity index (χ4v) is 3.98. The van der Waals surface area contributed by atoms with E-state index in [1.165, 1.54) is 21.9 Å². The minimum absolute atomic E-state index is 0.934. The first-order valence-electron chi connectivity index (χ1n) is 8.79. The van der Waals surface area contributed by atoms with Crippen molar-refractivity contribution in [3.8, 4) is 11.1 Å². The number of H-pyrrole nitrogens is 1. The van der Waals surface area contributed by atoms with Crippen LogP contribution in [0.4, 0.5) is 0 Å². The minimum atomic E-state index is 0.934. The molecule has 0 saturated carbocycles. The van der Waals surface area contributed by atoms with E-state index in [1.807, 2.05) is 18.2 Å². The molecule has 2 aromatic heterocycles. The maximum absolute atomic E-state index is 6.26. The maximum Gasteiger partial charge on any atom is 0.145 e. The molecular weight excluding hydrogens is 318 g/mol. The van der Waals surface area contributed by atoms with Crippen LogP contribution in [0.5, 0.6) is 0 Å². The summed E-state index contributed by atoms with van der Waals surface area (Å²) < 4.78 is 6.26. The SMILES string of the molecule is c1ccc(-c2ccc3[nH]c4ccc5c6ccccc6oc5c4c3c2)cc1. The van der Waals surface area contributed by atoms with Crippen LogP contribution >= 0.6 is 0 Å². The zero-order valence-electron chi connectivity index (χ0n) is 14.0. The number of fused-ring (bicyclic) bond motifs is 7. The van der Waals surface area contributed by atoms with E-state index < -0.39 is 0 Å². The zero-order chi connectivity index (χ0) is 17.1. The molecule has 0 aliphatic carbocycles. The molecule has 26 heavy (non-hydrogen) atoms. The van der Waals surface area contributed by atoms with Crippen molar-refractivity contribution in [1.82, 2.24) is 4.98 Å². The van der Waals surface area contributed by atoms with Crippen molar-refractivity contribution in [3.63, 3.8) is 0 Å². The summed E-state index contributed by atoms with van der Waals surface area (Å²) in [5.41, 5.74) is 6.57. The second kappa shape index (κ2) is 4.99. The van der Waals surface area contributed by atoms with Gasteiger partial charge in [-0.15, -0.1) is 0 Å². The van der Waals surface area contributed by atoms with Crippen LogP contribution in [-0.2, 0) is 0 Å². The topological polar surface area (TPSA) is 28.9 Å². The molecule has 6 rings (SSSR count). The van der Waals surface area contributed by atoms with Gasteiger partial charge in [0.2, 0.25) is 0 Å². The van der Waals surface area contributed by atoms with E-state index in [1.54, 1.807) is 0 Å². The Kier molecular flexibility index (Phi) is 2.64. The van der Waals surface area contributed by atoms with Gasteiger partial charge in [-0.05, 0) is 41.5 Å². The molecule has 2 nitrogen and oxygen atoms in total. The molecule has 4 aromatic carbocycles. The first kappa shape index (κ1) is 13.7. The Morgan fingerprint density at radius 2 is 1.38 bits per heavy atom. The zero-order valence-corrected chi connectivity index (χ0v) is 14.0. The normalized spacial score (nSPS) is 11.8. The van der Waals surface area contributed by atoms with Crippen molar-refractivity contribution >= 4 is 43.7 Å². The number of aromatic amines is 1. The van der Waals surface area contributed by atoms with Gasteiger partial charge in [-0.1, -0.05) is 54.6 Å². The standard InChI is InChI=1S/C24H15NO/c1-2-6-15(7-3-1)16-10-12-20-19(14-16)23-21(25-20)13-11-18-17-8-4-5-9-22(17)26-24(18)23/h1-14,25H. The van der Waals surface area contributed by atoms with Crippen molar-refractivity contribution in [1.29, 1.82) is 0 Å². The van der Waals surface area contributed by atoms with Crippen molar-refractivity contribution in [3.05, 3.63) is 84.9 Å². The van der Waals surface area contributed by atoms with E-state index >= 15 is 0 Å². The van der Waals surface area contributed by atoms with Gasteiger partial charge in [0.15, 0.2) is 0 Å². The van der Waals surface area contributed by atoms with E-state index in [2.05, 4.69) is 71.7 Å². The summed E-state index contributed by atoms with van der Waals surface area (Å²) >= 11 is 0. The highest BCUT2D eigenvalue weighted by Crippen LogP contribution is 2.38. The molecule has 2 heteroatoms. The molecule has 0 unspecified atom stereocenters. The highest BCUT2D eigenvalue weighted by molar-refractivity contribution is 6.23. The van der Waals surface area contributed by atoms with Crippen molar-refractivity contribution in [2.45, 2.75) is 0 Å². The molecule has 0 atom stereocenters. The van der Waals surface area contributed by atoms with Gasteiger partial charge in [0, 0.05) is 21.7 Å². The number of aromatic nitrogens is 1. The predicted molar refractivity (Wildman–Crippen MR) is 109 cm³/mol. The molecule has 0 saturated heterocycles. The molecule has 0 aliphatic heterocycles. The van der Waals surface area contributed by atoms with E-state index in [-0.39, 0.29) is 0 Å². The second-order valence-electron chi connectivity index (χ2n) is 6.71. The molecule has 2 heterocycles. The minimum Gasteiger partial charge on any atom is -0.455 e. The van der Waals surface area contributed by atoms with Crippen molar-refractivity contribution in [2.75, 3.05) is 0 Å². The summed E-state index contributed by atoms with van der Waals surface area (Å²) in [7, 11) is 0. The maximum atomic E-state index is 6.26. The highest BCUT2D eigenvalue weighted by Gasteiger charge is 2.14. The largest absolute Gasteiger partial charge is 0.455 e. The summed E-state index contributed by atoms with van der Waals surface area (Å²) in [5, 5.41) is 4.69. The molecule has 1 N–H and O–H groups in total. The quantitative estimate of drug-likeness (QED) is 0.349. The van der Waals surface area contributed by atoms with Crippen LogP contribution in [0, 0.1) is 0 Å². The smallest absolute Gasteiger partial charge is 0.145 e. The molecule has 0 bridgehead atoms. The summed E-state index contributed by atoms with van der Waals surface area (Å²) in [4.78, 5) is 3.53. The second-order valence-corrected chi connectivity index (χ2v) is 6.71. The average molecular weight is 333 g/mol. The Balaban J connectivity index is 1.76. The fraction of sp³-hybridized carbons (Fsp3) is 0. The van der Waals surface area contributed by atoms with Crippen molar-refractivity contribution < 1.29 is 4.42 Å². The number of hydrogen-bond acceptors (Lipinski definition) is 1. The molecule has 0 aliphatic rings. The van der Waals surface area contributed by atoms with E-state index in [0.29, 0.717) is 0 Å². The number of benzene rings is 4. The van der Waals surface area contributed by atoms with Crippen LogP contribution in [0.3, 0.4) is 0 Å². The molecule has 0 spiro atoms. The lowest BCUT2D eigenvalue weighted by molar-refractivity contribution is 0.673. The van der Waals surface area contributed by atoms with Crippen LogP contribution in [0.1, 0.15) is 0 Å². The highest BCUT2D eigenvalue weighted by atomic mass is 16.3. The molecule has 0 radical (unpaired) electrons. The Bertz CT molecular complexity index is 1420. The summed E-state index contributed by atoms with van der Waals surface area (Å²) in [6, 6.07) is 29.6. The number of hydrogen-bond donors (Lipinski definition) is 1. The Morgan fingerprint density at radius 1 is 0.577 bits per heavy atom. The summed E-state index contributed by atoms with van der Waals surface area (Å²) in [5.74, 6) is 0. The number of nitrogens with one attached hydrogen (secondary N) is 1. The number of para-hydroxylation sites is 1.